The number of hydrogen-bond donors (Lipinski definition) is 4. The molecule has 0 aliphatic carbocycles. The van der Waals surface area contributed by atoms with Crippen molar-refractivity contribution in [2.24, 2.45) is 5.92 Å². The Kier molecular flexibility index (Phi) is 9.48. The van der Waals surface area contributed by atoms with Crippen LogP contribution in [0.5, 0.6) is 23.0 Å². The van der Waals surface area contributed by atoms with E-state index in [1.807, 2.05) is 6.92 Å². The van der Waals surface area contributed by atoms with Crippen molar-refractivity contribution in [3.63, 3.8) is 0 Å². The standard InChI is InChI=1S/C32H37N5O8/c1-19-15-37(20(2)17-38)30(39)25-13-22(34-31(40)33-21-5-9-24(42-4)10-6-21)7-11-26(25)45-29(19)16-36(3)32(41)35-23-8-12-27-28(14-23)44-18-43-27/h5-14,19-20,29,38H,15-18H2,1-4H3,(H,35,41)(H2,33,34,40)/t19-,20+,29+/m0/s1. The van der Waals surface area contributed by atoms with E-state index in [2.05, 4.69) is 16.0 Å². The first kappa shape index (κ1) is 31.3. The van der Waals surface area contributed by atoms with Gasteiger partial charge in [-0.3, -0.25) is 4.79 Å². The summed E-state index contributed by atoms with van der Waals surface area (Å²) in [6, 6.07) is 15.5. The highest BCUT2D eigenvalue weighted by Gasteiger charge is 2.34. The predicted octanol–water partition coefficient (Wildman–Crippen LogP) is 4.45. The molecule has 2 aliphatic heterocycles. The van der Waals surface area contributed by atoms with Crippen LogP contribution < -0.4 is 34.9 Å². The number of anilines is 3. The first-order valence-corrected chi connectivity index (χ1v) is 14.5. The quantitative estimate of drug-likeness (QED) is 0.289. The molecule has 13 nitrogen and oxygen atoms in total. The second-order valence-corrected chi connectivity index (χ2v) is 11.0. The summed E-state index contributed by atoms with van der Waals surface area (Å²) < 4.78 is 22.3. The summed E-state index contributed by atoms with van der Waals surface area (Å²) in [4.78, 5) is 42.7. The summed E-state index contributed by atoms with van der Waals surface area (Å²) in [5.74, 6) is 1.59. The monoisotopic (exact) mass is 619 g/mol. The summed E-state index contributed by atoms with van der Waals surface area (Å²) in [6.07, 6.45) is -0.505. The Morgan fingerprint density at radius 3 is 2.33 bits per heavy atom. The molecule has 4 N–H and O–H groups in total. The number of urea groups is 2. The lowest BCUT2D eigenvalue weighted by Gasteiger charge is -2.38. The molecule has 0 spiro atoms. The molecule has 238 valence electrons. The lowest BCUT2D eigenvalue weighted by Crippen LogP contribution is -2.50. The van der Waals surface area contributed by atoms with Crippen LogP contribution in [0.1, 0.15) is 24.2 Å². The highest BCUT2D eigenvalue weighted by atomic mass is 16.7. The Morgan fingerprint density at radius 1 is 0.978 bits per heavy atom. The average Bonchev–Trinajstić information content (AvgIpc) is 3.51. The molecule has 0 saturated heterocycles. The lowest BCUT2D eigenvalue weighted by atomic mass is 9.99. The Morgan fingerprint density at radius 2 is 1.62 bits per heavy atom. The molecule has 0 bridgehead atoms. The van der Waals surface area contributed by atoms with E-state index in [0.29, 0.717) is 40.1 Å². The fourth-order valence-electron chi connectivity index (χ4n) is 5.03. The van der Waals surface area contributed by atoms with Crippen LogP contribution >= 0.6 is 0 Å². The predicted molar refractivity (Wildman–Crippen MR) is 167 cm³/mol. The van der Waals surface area contributed by atoms with Crippen LogP contribution in [-0.2, 0) is 0 Å². The third-order valence-corrected chi connectivity index (χ3v) is 7.69. The van der Waals surface area contributed by atoms with E-state index in [0.717, 1.165) is 0 Å². The highest BCUT2D eigenvalue weighted by Crippen LogP contribution is 2.34. The van der Waals surface area contributed by atoms with Crippen molar-refractivity contribution >= 4 is 35.0 Å². The summed E-state index contributed by atoms with van der Waals surface area (Å²) in [6.45, 7) is 4.07. The van der Waals surface area contributed by atoms with E-state index in [4.69, 9.17) is 18.9 Å². The van der Waals surface area contributed by atoms with Crippen molar-refractivity contribution in [3.05, 3.63) is 66.2 Å². The largest absolute Gasteiger partial charge is 0.497 e. The maximum Gasteiger partial charge on any atom is 0.323 e. The molecule has 0 fully saturated rings. The maximum absolute atomic E-state index is 13.7. The fourth-order valence-corrected chi connectivity index (χ4v) is 5.03. The number of aliphatic hydroxyl groups excluding tert-OH is 1. The van der Waals surface area contributed by atoms with Gasteiger partial charge in [0.1, 0.15) is 17.6 Å². The molecule has 0 unspecified atom stereocenters. The van der Waals surface area contributed by atoms with Gasteiger partial charge in [-0.1, -0.05) is 6.92 Å². The second-order valence-electron chi connectivity index (χ2n) is 11.0. The molecule has 5 amide bonds. The lowest BCUT2D eigenvalue weighted by molar-refractivity contribution is 0.0371. The molecule has 2 heterocycles. The van der Waals surface area contributed by atoms with Gasteiger partial charge in [-0.05, 0) is 61.5 Å². The van der Waals surface area contributed by atoms with E-state index in [-0.39, 0.29) is 49.9 Å². The summed E-state index contributed by atoms with van der Waals surface area (Å²) in [7, 11) is 3.22. The van der Waals surface area contributed by atoms with E-state index < -0.39 is 18.2 Å². The molecular formula is C32H37N5O8. The summed E-state index contributed by atoms with van der Waals surface area (Å²) in [5.41, 5.74) is 1.71. The first-order chi connectivity index (χ1) is 21.6. The number of methoxy groups -OCH3 is 1. The van der Waals surface area contributed by atoms with Crippen LogP contribution in [0.4, 0.5) is 26.7 Å². The number of carbonyl (C=O) groups excluding carboxylic acids is 3. The van der Waals surface area contributed by atoms with Gasteiger partial charge in [0.15, 0.2) is 11.5 Å². The van der Waals surface area contributed by atoms with Gasteiger partial charge in [0, 0.05) is 42.6 Å². The normalized spacial score (nSPS) is 17.6. The smallest absolute Gasteiger partial charge is 0.323 e. The van der Waals surface area contributed by atoms with Crippen LogP contribution in [-0.4, -0.2) is 85.7 Å². The van der Waals surface area contributed by atoms with E-state index >= 15 is 0 Å². The highest BCUT2D eigenvalue weighted by molar-refractivity contribution is 6.02. The van der Waals surface area contributed by atoms with Crippen molar-refractivity contribution in [3.8, 4) is 23.0 Å². The molecule has 0 aromatic heterocycles. The van der Waals surface area contributed by atoms with Crippen molar-refractivity contribution in [1.82, 2.24) is 9.80 Å². The number of ether oxygens (including phenoxy) is 4. The molecule has 5 rings (SSSR count). The molecule has 45 heavy (non-hydrogen) atoms. The van der Waals surface area contributed by atoms with Crippen molar-refractivity contribution in [1.29, 1.82) is 0 Å². The number of benzene rings is 3. The van der Waals surface area contributed by atoms with Crippen LogP contribution in [0, 0.1) is 5.92 Å². The molecular weight excluding hydrogens is 582 g/mol. The third-order valence-electron chi connectivity index (χ3n) is 7.69. The Balaban J connectivity index is 1.32. The Labute approximate surface area is 261 Å². The number of nitrogens with zero attached hydrogens (tertiary/aromatic N) is 2. The number of amides is 5. The molecule has 3 atom stereocenters. The zero-order chi connectivity index (χ0) is 32.1. The minimum Gasteiger partial charge on any atom is -0.497 e. The Hall–Kier alpha value is -5.17. The van der Waals surface area contributed by atoms with Gasteiger partial charge in [-0.25, -0.2) is 9.59 Å². The number of rotatable bonds is 8. The molecule has 2 aliphatic rings. The zero-order valence-electron chi connectivity index (χ0n) is 25.5. The van der Waals surface area contributed by atoms with Crippen molar-refractivity contribution < 1.29 is 38.4 Å². The number of fused-ring (bicyclic) bond motifs is 2. The number of carbonyl (C=O) groups is 3. The van der Waals surface area contributed by atoms with Gasteiger partial charge in [-0.15, -0.1) is 0 Å². The van der Waals surface area contributed by atoms with Gasteiger partial charge >= 0.3 is 12.1 Å². The molecule has 3 aromatic carbocycles. The van der Waals surface area contributed by atoms with Crippen LogP contribution in [0.15, 0.2) is 60.7 Å². The second kappa shape index (κ2) is 13.6. The van der Waals surface area contributed by atoms with Crippen LogP contribution in [0.3, 0.4) is 0 Å². The van der Waals surface area contributed by atoms with Gasteiger partial charge in [0.05, 0.1) is 31.9 Å². The minimum atomic E-state index is -0.505. The topological polar surface area (TPSA) is 151 Å². The van der Waals surface area contributed by atoms with Crippen molar-refractivity contribution in [2.75, 3.05) is 56.6 Å². The van der Waals surface area contributed by atoms with Gasteiger partial charge < -0.3 is 49.8 Å². The number of hydrogen-bond acceptors (Lipinski definition) is 8. The number of likely N-dealkylation sites (N-methyl/N-ethyl adjacent to an activating group) is 1. The molecule has 0 radical (unpaired) electrons. The van der Waals surface area contributed by atoms with Crippen molar-refractivity contribution in [2.45, 2.75) is 26.0 Å². The van der Waals surface area contributed by atoms with E-state index in [1.54, 1.807) is 86.6 Å². The SMILES string of the molecule is COc1ccc(NC(=O)Nc2ccc3c(c2)C(=O)N([C@H](C)CO)C[C@H](C)[C@@H](CN(C)C(=O)Nc2ccc4c(c2)OCO4)O3)cc1. The van der Waals surface area contributed by atoms with Gasteiger partial charge in [0.25, 0.3) is 5.91 Å². The number of nitrogens with one attached hydrogen (secondary N) is 3. The van der Waals surface area contributed by atoms with Crippen LogP contribution in [0.25, 0.3) is 0 Å². The molecule has 3 aromatic rings. The average molecular weight is 620 g/mol. The van der Waals surface area contributed by atoms with E-state index in [1.165, 1.54) is 4.90 Å². The van der Waals surface area contributed by atoms with Gasteiger partial charge in [0.2, 0.25) is 6.79 Å². The maximum atomic E-state index is 13.7. The molecule has 13 heteroatoms. The summed E-state index contributed by atoms with van der Waals surface area (Å²) in [5, 5.41) is 18.3. The fraction of sp³-hybridized carbons (Fsp3) is 0.344. The first-order valence-electron chi connectivity index (χ1n) is 14.5. The van der Waals surface area contributed by atoms with Gasteiger partial charge in [-0.2, -0.15) is 0 Å². The molecule has 0 saturated carbocycles. The summed E-state index contributed by atoms with van der Waals surface area (Å²) >= 11 is 0. The Bertz CT molecular complexity index is 1550. The zero-order valence-corrected chi connectivity index (χ0v) is 25.5. The number of aliphatic hydroxyl groups is 1. The minimum absolute atomic E-state index is 0.133. The van der Waals surface area contributed by atoms with Crippen LogP contribution in [0.2, 0.25) is 0 Å². The van der Waals surface area contributed by atoms with E-state index in [9.17, 15) is 19.5 Å². The third kappa shape index (κ3) is 7.32.